The zero-order valence-corrected chi connectivity index (χ0v) is 10.6. The number of hydrogen-bond donors (Lipinski definition) is 1. The van der Waals surface area contributed by atoms with Crippen molar-refractivity contribution in [1.82, 2.24) is 5.32 Å². The fourth-order valence-electron chi connectivity index (χ4n) is 1.75. The maximum absolute atomic E-state index is 12.9. The average molecular weight is 298 g/mol. The van der Waals surface area contributed by atoms with Crippen molar-refractivity contribution < 1.29 is 14.0 Å². The number of imide groups is 1. The third kappa shape index (κ3) is 2.29. The van der Waals surface area contributed by atoms with E-state index in [9.17, 15) is 14.0 Å². The number of carbonyl (C=O) groups excluding carboxylic acids is 2. The van der Waals surface area contributed by atoms with Gasteiger partial charge in [0.2, 0.25) is 5.91 Å². The van der Waals surface area contributed by atoms with Crippen LogP contribution in [0.4, 0.5) is 4.39 Å². The molecule has 1 saturated heterocycles. The third-order valence-corrected chi connectivity index (χ3v) is 3.31. The van der Waals surface area contributed by atoms with Crippen LogP contribution in [0.2, 0.25) is 0 Å². The van der Waals surface area contributed by atoms with Crippen LogP contribution in [0.5, 0.6) is 0 Å². The van der Waals surface area contributed by atoms with Crippen LogP contribution in [0.1, 0.15) is 18.9 Å². The van der Waals surface area contributed by atoms with Crippen LogP contribution < -0.4 is 5.32 Å². The van der Waals surface area contributed by atoms with Crippen LogP contribution in [0, 0.1) is 5.82 Å². The van der Waals surface area contributed by atoms with E-state index in [0.717, 1.165) is 0 Å². The summed E-state index contributed by atoms with van der Waals surface area (Å²) < 4.78 is 13.5. The Morgan fingerprint density at radius 2 is 2.12 bits per heavy atom. The van der Waals surface area contributed by atoms with Crippen molar-refractivity contribution in [2.24, 2.45) is 0 Å². The quantitative estimate of drug-likeness (QED) is 0.639. The molecule has 0 unspecified atom stereocenters. The number of allylic oxidation sites excluding steroid dienone is 1. The zero-order chi connectivity index (χ0) is 12.6. The normalized spacial score (nSPS) is 18.3. The Morgan fingerprint density at radius 1 is 1.41 bits per heavy atom. The van der Waals surface area contributed by atoms with E-state index in [1.807, 2.05) is 0 Å². The summed E-state index contributed by atoms with van der Waals surface area (Å²) in [5, 5.41) is 2.22. The molecule has 1 aromatic carbocycles. The van der Waals surface area contributed by atoms with E-state index in [0.29, 0.717) is 21.2 Å². The van der Waals surface area contributed by atoms with Gasteiger partial charge in [-0.1, -0.05) is 22.0 Å². The summed E-state index contributed by atoms with van der Waals surface area (Å²) in [6.45, 7) is 1.74. The Kier molecular flexibility index (Phi) is 3.11. The molecule has 0 bridgehead atoms. The van der Waals surface area contributed by atoms with E-state index in [1.54, 1.807) is 13.0 Å². The van der Waals surface area contributed by atoms with Crippen LogP contribution in [0.25, 0.3) is 5.57 Å². The van der Waals surface area contributed by atoms with Crippen LogP contribution >= 0.6 is 15.9 Å². The highest BCUT2D eigenvalue weighted by atomic mass is 79.9. The molecule has 17 heavy (non-hydrogen) atoms. The second kappa shape index (κ2) is 4.41. The maximum atomic E-state index is 12.9. The number of rotatable bonds is 1. The van der Waals surface area contributed by atoms with Gasteiger partial charge in [0.1, 0.15) is 5.82 Å². The zero-order valence-electron chi connectivity index (χ0n) is 9.01. The second-order valence-electron chi connectivity index (χ2n) is 3.78. The van der Waals surface area contributed by atoms with Gasteiger partial charge in [-0.05, 0) is 30.2 Å². The van der Waals surface area contributed by atoms with E-state index in [1.165, 1.54) is 12.1 Å². The lowest BCUT2D eigenvalue weighted by Crippen LogP contribution is -2.19. The molecule has 1 heterocycles. The van der Waals surface area contributed by atoms with Crippen molar-refractivity contribution >= 4 is 33.3 Å². The molecule has 3 nitrogen and oxygen atoms in total. The Balaban J connectivity index is 2.50. The fraction of sp³-hybridized carbons (Fsp3) is 0.167. The standard InChI is InChI=1S/C12H9BrFNO2/c1-6(9-5-11(16)15-12(9)17)8-3-2-7(14)4-10(8)13/h2-4H,5H2,1H3,(H,15,16,17)/b9-6+. The summed E-state index contributed by atoms with van der Waals surface area (Å²) in [7, 11) is 0. The molecule has 1 fully saturated rings. The van der Waals surface area contributed by atoms with Gasteiger partial charge in [0.25, 0.3) is 5.91 Å². The molecule has 0 atom stereocenters. The molecule has 88 valence electrons. The maximum Gasteiger partial charge on any atom is 0.254 e. The highest BCUT2D eigenvalue weighted by Crippen LogP contribution is 2.29. The number of benzene rings is 1. The summed E-state index contributed by atoms with van der Waals surface area (Å²) in [6, 6.07) is 4.23. The van der Waals surface area contributed by atoms with Crippen LogP contribution in [0.3, 0.4) is 0 Å². The fourth-order valence-corrected chi connectivity index (χ4v) is 2.39. The van der Waals surface area contributed by atoms with Crippen molar-refractivity contribution in [3.63, 3.8) is 0 Å². The molecule has 0 radical (unpaired) electrons. The first kappa shape index (κ1) is 12.0. The van der Waals surface area contributed by atoms with Crippen molar-refractivity contribution in [3.8, 4) is 0 Å². The first-order valence-electron chi connectivity index (χ1n) is 4.98. The summed E-state index contributed by atoms with van der Waals surface area (Å²) in [5.74, 6) is -1.03. The molecule has 1 N–H and O–H groups in total. The van der Waals surface area contributed by atoms with Gasteiger partial charge < -0.3 is 0 Å². The van der Waals surface area contributed by atoms with Gasteiger partial charge >= 0.3 is 0 Å². The molecule has 2 amide bonds. The van der Waals surface area contributed by atoms with E-state index >= 15 is 0 Å². The largest absolute Gasteiger partial charge is 0.292 e. The lowest BCUT2D eigenvalue weighted by Gasteiger charge is -2.07. The van der Waals surface area contributed by atoms with Gasteiger partial charge in [-0.15, -0.1) is 0 Å². The second-order valence-corrected chi connectivity index (χ2v) is 4.64. The van der Waals surface area contributed by atoms with Gasteiger partial charge in [0.15, 0.2) is 0 Å². The van der Waals surface area contributed by atoms with Crippen molar-refractivity contribution in [2.45, 2.75) is 13.3 Å². The minimum absolute atomic E-state index is 0.0779. The predicted octanol–water partition coefficient (Wildman–Crippen LogP) is 2.41. The first-order chi connectivity index (χ1) is 7.99. The van der Waals surface area contributed by atoms with Crippen LogP contribution in [-0.2, 0) is 9.59 Å². The van der Waals surface area contributed by atoms with E-state index in [2.05, 4.69) is 21.2 Å². The predicted molar refractivity (Wildman–Crippen MR) is 64.5 cm³/mol. The van der Waals surface area contributed by atoms with Gasteiger partial charge in [0, 0.05) is 10.0 Å². The Bertz CT molecular complexity index is 551. The highest BCUT2D eigenvalue weighted by molar-refractivity contribution is 9.10. The number of hydrogen-bond acceptors (Lipinski definition) is 2. The number of carbonyl (C=O) groups is 2. The van der Waals surface area contributed by atoms with Crippen molar-refractivity contribution in [3.05, 3.63) is 39.6 Å². The average Bonchev–Trinajstić information content (AvgIpc) is 2.57. The minimum atomic E-state index is -0.372. The van der Waals surface area contributed by atoms with Crippen molar-refractivity contribution in [1.29, 1.82) is 0 Å². The van der Waals surface area contributed by atoms with Gasteiger partial charge in [-0.3, -0.25) is 14.9 Å². The van der Waals surface area contributed by atoms with Gasteiger partial charge in [0.05, 0.1) is 6.42 Å². The first-order valence-corrected chi connectivity index (χ1v) is 5.77. The van der Waals surface area contributed by atoms with Gasteiger partial charge in [-0.25, -0.2) is 4.39 Å². The molecular formula is C12H9BrFNO2. The topological polar surface area (TPSA) is 46.2 Å². The molecule has 0 saturated carbocycles. The molecule has 1 aliphatic heterocycles. The minimum Gasteiger partial charge on any atom is -0.292 e. The van der Waals surface area contributed by atoms with Crippen molar-refractivity contribution in [2.75, 3.05) is 0 Å². The Hall–Kier alpha value is -1.49. The van der Waals surface area contributed by atoms with E-state index in [4.69, 9.17) is 0 Å². The summed E-state index contributed by atoms with van der Waals surface area (Å²) in [4.78, 5) is 22.6. The Labute approximate surface area is 106 Å². The number of amides is 2. The molecule has 1 aromatic rings. The summed E-state index contributed by atoms with van der Waals surface area (Å²) in [5.41, 5.74) is 1.83. The van der Waals surface area contributed by atoms with Gasteiger partial charge in [-0.2, -0.15) is 0 Å². The van der Waals surface area contributed by atoms with Crippen LogP contribution in [0.15, 0.2) is 28.2 Å². The SMILES string of the molecule is C/C(=C1/CC(=O)NC1=O)c1ccc(F)cc1Br. The molecular weight excluding hydrogens is 289 g/mol. The lowest BCUT2D eigenvalue weighted by atomic mass is 10.0. The van der Waals surface area contributed by atoms with Crippen LogP contribution in [-0.4, -0.2) is 11.8 Å². The number of halogens is 2. The lowest BCUT2D eigenvalue weighted by molar-refractivity contribution is -0.124. The third-order valence-electron chi connectivity index (χ3n) is 2.65. The molecule has 5 heteroatoms. The summed E-state index contributed by atoms with van der Waals surface area (Å²) in [6.07, 6.45) is 0.0779. The van der Waals surface area contributed by atoms with E-state index in [-0.39, 0.29) is 24.1 Å². The summed E-state index contributed by atoms with van der Waals surface area (Å²) >= 11 is 3.24. The Morgan fingerprint density at radius 3 is 2.65 bits per heavy atom. The highest BCUT2D eigenvalue weighted by Gasteiger charge is 2.26. The van der Waals surface area contributed by atoms with E-state index < -0.39 is 0 Å². The smallest absolute Gasteiger partial charge is 0.254 e. The monoisotopic (exact) mass is 297 g/mol. The molecule has 1 aliphatic rings. The molecule has 0 aromatic heterocycles. The molecule has 0 spiro atoms. The molecule has 0 aliphatic carbocycles. The molecule has 2 rings (SSSR count). The number of nitrogens with one attached hydrogen (secondary N) is 1.